The minimum atomic E-state index is -0.598. The molecule has 0 heterocycles. The predicted molar refractivity (Wildman–Crippen MR) is 88.9 cm³/mol. The van der Waals surface area contributed by atoms with Gasteiger partial charge in [0.15, 0.2) is 5.75 Å². The quantitative estimate of drug-likeness (QED) is 0.471. The lowest BCUT2D eigenvalue weighted by Crippen LogP contribution is -2.28. The van der Waals surface area contributed by atoms with Gasteiger partial charge in [-0.1, -0.05) is 11.6 Å². The number of methoxy groups -OCH3 is 1. The summed E-state index contributed by atoms with van der Waals surface area (Å²) in [6.45, 7) is 0.507. The smallest absolute Gasteiger partial charge is 0.311 e. The van der Waals surface area contributed by atoms with E-state index in [1.165, 1.54) is 25.3 Å². The van der Waals surface area contributed by atoms with E-state index in [-0.39, 0.29) is 30.2 Å². The third kappa shape index (κ3) is 4.60. The van der Waals surface area contributed by atoms with Crippen LogP contribution < -0.4 is 14.8 Å². The van der Waals surface area contributed by atoms with Gasteiger partial charge in [0.2, 0.25) is 0 Å². The van der Waals surface area contributed by atoms with Crippen molar-refractivity contribution in [2.24, 2.45) is 0 Å². The van der Waals surface area contributed by atoms with Gasteiger partial charge in [-0.25, -0.2) is 0 Å². The van der Waals surface area contributed by atoms with E-state index in [4.69, 9.17) is 21.1 Å². The Labute approximate surface area is 143 Å². The molecule has 0 saturated heterocycles. The average molecular weight is 351 g/mol. The number of nitrogens with one attached hydrogen (secondary N) is 1. The molecule has 2 aromatic carbocycles. The van der Waals surface area contributed by atoms with Gasteiger partial charge < -0.3 is 14.8 Å². The summed E-state index contributed by atoms with van der Waals surface area (Å²) < 4.78 is 10.3. The van der Waals surface area contributed by atoms with Crippen LogP contribution in [0.25, 0.3) is 0 Å². The Morgan fingerprint density at radius 1 is 1.25 bits per heavy atom. The molecule has 0 atom stereocenters. The molecule has 0 unspecified atom stereocenters. The lowest BCUT2D eigenvalue weighted by atomic mass is 10.1. The zero-order valence-electron chi connectivity index (χ0n) is 12.8. The van der Waals surface area contributed by atoms with Crippen LogP contribution in [0.4, 0.5) is 5.69 Å². The van der Waals surface area contributed by atoms with E-state index in [1.54, 1.807) is 24.3 Å². The summed E-state index contributed by atoms with van der Waals surface area (Å²) in [4.78, 5) is 22.4. The number of hydrogen-bond acceptors (Lipinski definition) is 5. The molecule has 126 valence electrons. The first-order valence-corrected chi connectivity index (χ1v) is 7.38. The van der Waals surface area contributed by atoms with Gasteiger partial charge in [-0.15, -0.1) is 0 Å². The number of benzene rings is 2. The molecule has 1 amide bonds. The molecule has 8 heteroatoms. The van der Waals surface area contributed by atoms with Crippen molar-refractivity contribution in [3.8, 4) is 11.5 Å². The molecule has 2 rings (SSSR count). The highest BCUT2D eigenvalue weighted by Gasteiger charge is 2.17. The molecule has 0 saturated carbocycles. The lowest BCUT2D eigenvalue weighted by Gasteiger charge is -2.08. The molecule has 0 radical (unpaired) electrons. The molecule has 0 aromatic heterocycles. The van der Waals surface area contributed by atoms with E-state index in [1.807, 2.05) is 0 Å². The van der Waals surface area contributed by atoms with Crippen molar-refractivity contribution < 1.29 is 19.2 Å². The molecule has 7 nitrogen and oxygen atoms in total. The Balaban J connectivity index is 1.89. The van der Waals surface area contributed by atoms with Crippen molar-refractivity contribution in [1.82, 2.24) is 5.32 Å². The van der Waals surface area contributed by atoms with Crippen molar-refractivity contribution in [1.29, 1.82) is 0 Å². The summed E-state index contributed by atoms with van der Waals surface area (Å²) in [7, 11) is 1.33. The topological polar surface area (TPSA) is 90.7 Å². The highest BCUT2D eigenvalue weighted by molar-refractivity contribution is 6.30. The first-order valence-electron chi connectivity index (χ1n) is 7.00. The van der Waals surface area contributed by atoms with Gasteiger partial charge in [0, 0.05) is 16.7 Å². The zero-order valence-corrected chi connectivity index (χ0v) is 13.6. The van der Waals surface area contributed by atoms with Crippen LogP contribution in [0.5, 0.6) is 11.5 Å². The fraction of sp³-hybridized carbons (Fsp3) is 0.188. The number of carbonyl (C=O) groups excluding carboxylic acids is 1. The second-order valence-corrected chi connectivity index (χ2v) is 5.14. The van der Waals surface area contributed by atoms with Gasteiger partial charge in [-0.2, -0.15) is 0 Å². The summed E-state index contributed by atoms with van der Waals surface area (Å²) in [5.74, 6) is 0.303. The van der Waals surface area contributed by atoms with Crippen molar-refractivity contribution in [3.05, 3.63) is 63.2 Å². The number of nitro benzene ring substituents is 1. The molecule has 0 aliphatic rings. The van der Waals surface area contributed by atoms with Crippen LogP contribution in [-0.4, -0.2) is 31.1 Å². The average Bonchev–Trinajstić information content (AvgIpc) is 2.59. The Bertz CT molecular complexity index is 734. The molecule has 0 bridgehead atoms. The Kier molecular flexibility index (Phi) is 5.97. The molecule has 0 spiro atoms. The number of amides is 1. The van der Waals surface area contributed by atoms with Gasteiger partial charge in [0.1, 0.15) is 12.4 Å². The van der Waals surface area contributed by atoms with Gasteiger partial charge in [0.05, 0.1) is 18.6 Å². The third-order valence-corrected chi connectivity index (χ3v) is 3.36. The fourth-order valence-electron chi connectivity index (χ4n) is 1.94. The summed E-state index contributed by atoms with van der Waals surface area (Å²) in [5, 5.41) is 14.2. The van der Waals surface area contributed by atoms with Crippen molar-refractivity contribution in [2.45, 2.75) is 0 Å². The van der Waals surface area contributed by atoms with Crippen LogP contribution in [0.15, 0.2) is 42.5 Å². The lowest BCUT2D eigenvalue weighted by molar-refractivity contribution is -0.385. The number of hydrogen-bond donors (Lipinski definition) is 1. The van der Waals surface area contributed by atoms with Crippen LogP contribution in [0, 0.1) is 10.1 Å². The van der Waals surface area contributed by atoms with Gasteiger partial charge >= 0.3 is 5.69 Å². The maximum absolute atomic E-state index is 12.0. The Morgan fingerprint density at radius 2 is 1.96 bits per heavy atom. The number of carbonyl (C=O) groups is 1. The largest absolute Gasteiger partial charge is 0.492 e. The summed E-state index contributed by atoms with van der Waals surface area (Å²) >= 11 is 5.77. The van der Waals surface area contributed by atoms with Crippen LogP contribution in [0.2, 0.25) is 5.02 Å². The molecule has 0 aliphatic heterocycles. The maximum atomic E-state index is 12.0. The number of rotatable bonds is 7. The van der Waals surface area contributed by atoms with E-state index in [9.17, 15) is 14.9 Å². The number of nitro groups is 1. The molecule has 2 aromatic rings. The summed E-state index contributed by atoms with van der Waals surface area (Å²) in [6, 6.07) is 10.9. The number of halogens is 1. The van der Waals surface area contributed by atoms with E-state index in [0.717, 1.165) is 0 Å². The Hall–Kier alpha value is -2.80. The normalized spacial score (nSPS) is 10.1. The van der Waals surface area contributed by atoms with Crippen LogP contribution >= 0.6 is 11.6 Å². The third-order valence-electron chi connectivity index (χ3n) is 3.11. The second kappa shape index (κ2) is 8.16. The molecule has 24 heavy (non-hydrogen) atoms. The van der Waals surface area contributed by atoms with Gasteiger partial charge in [-0.3, -0.25) is 14.9 Å². The van der Waals surface area contributed by atoms with Gasteiger partial charge in [0.25, 0.3) is 5.91 Å². The van der Waals surface area contributed by atoms with E-state index >= 15 is 0 Å². The number of ether oxygens (including phenoxy) is 2. The first-order chi connectivity index (χ1) is 11.5. The van der Waals surface area contributed by atoms with E-state index in [2.05, 4.69) is 5.32 Å². The molecular weight excluding hydrogens is 336 g/mol. The summed E-state index contributed by atoms with van der Waals surface area (Å²) in [5.41, 5.74) is -0.0865. The predicted octanol–water partition coefficient (Wildman–Crippen LogP) is 3.07. The molecule has 1 N–H and O–H groups in total. The first kappa shape index (κ1) is 17.6. The van der Waals surface area contributed by atoms with Crippen LogP contribution in [-0.2, 0) is 0 Å². The number of nitrogens with zero attached hydrogens (tertiary/aromatic N) is 1. The van der Waals surface area contributed by atoms with Crippen LogP contribution in [0.1, 0.15) is 10.4 Å². The fourth-order valence-corrected chi connectivity index (χ4v) is 2.07. The SMILES string of the molecule is COc1ccc(C(=O)NCCOc2ccc(Cl)cc2)cc1[N+](=O)[O-]. The van der Waals surface area contributed by atoms with Crippen molar-refractivity contribution >= 4 is 23.2 Å². The Morgan fingerprint density at radius 3 is 2.58 bits per heavy atom. The molecular formula is C16H15ClN2O5. The zero-order chi connectivity index (χ0) is 17.5. The maximum Gasteiger partial charge on any atom is 0.311 e. The van der Waals surface area contributed by atoms with Crippen LogP contribution in [0.3, 0.4) is 0 Å². The van der Waals surface area contributed by atoms with E-state index < -0.39 is 10.8 Å². The highest BCUT2D eigenvalue weighted by atomic mass is 35.5. The highest BCUT2D eigenvalue weighted by Crippen LogP contribution is 2.27. The minimum Gasteiger partial charge on any atom is -0.492 e. The van der Waals surface area contributed by atoms with Gasteiger partial charge in [-0.05, 0) is 36.4 Å². The minimum absolute atomic E-state index is 0.0996. The monoisotopic (exact) mass is 350 g/mol. The molecule has 0 fully saturated rings. The van der Waals surface area contributed by atoms with E-state index in [0.29, 0.717) is 10.8 Å². The molecule has 0 aliphatic carbocycles. The second-order valence-electron chi connectivity index (χ2n) is 4.70. The summed E-state index contributed by atoms with van der Waals surface area (Å²) in [6.07, 6.45) is 0. The van der Waals surface area contributed by atoms with Crippen molar-refractivity contribution in [2.75, 3.05) is 20.3 Å². The van der Waals surface area contributed by atoms with Crippen molar-refractivity contribution in [3.63, 3.8) is 0 Å². The standard InChI is InChI=1S/C16H15ClN2O5/c1-23-15-7-2-11(10-14(15)19(21)22)16(20)18-8-9-24-13-5-3-12(17)4-6-13/h2-7,10H,8-9H2,1H3,(H,18,20).